The molecule has 0 N–H and O–H groups in total. The maximum absolute atomic E-state index is 12.5. The van der Waals surface area contributed by atoms with Gasteiger partial charge in [0, 0.05) is 62.3 Å². The third-order valence-electron chi connectivity index (χ3n) is 8.21. The van der Waals surface area contributed by atoms with Gasteiger partial charge in [-0.05, 0) is 37.6 Å². The minimum absolute atomic E-state index is 0.0473. The van der Waals surface area contributed by atoms with Gasteiger partial charge >= 0.3 is 5.97 Å². The van der Waals surface area contributed by atoms with E-state index < -0.39 is 10.1 Å². The molecule has 5 atom stereocenters. The molecule has 2 saturated heterocycles. The second-order valence-corrected chi connectivity index (χ2v) is 13.5. The first-order valence-corrected chi connectivity index (χ1v) is 17.3. The quantitative estimate of drug-likeness (QED) is 0.162. The summed E-state index contributed by atoms with van der Waals surface area (Å²) >= 11 is 6.44. The van der Waals surface area contributed by atoms with E-state index in [9.17, 15) is 13.2 Å². The Morgan fingerprint density at radius 2 is 1.86 bits per heavy atom. The summed E-state index contributed by atoms with van der Waals surface area (Å²) in [6.07, 6.45) is 4.09. The first-order valence-electron chi connectivity index (χ1n) is 15.1. The van der Waals surface area contributed by atoms with Crippen LogP contribution in [0, 0.1) is 11.8 Å². The average Bonchev–Trinajstić information content (AvgIpc) is 3.28. The van der Waals surface area contributed by atoms with Crippen LogP contribution in [-0.4, -0.2) is 90.4 Å². The highest BCUT2D eigenvalue weighted by atomic mass is 35.5. The largest absolute Gasteiger partial charge is 0.490 e. The molecule has 1 aromatic carbocycles. The van der Waals surface area contributed by atoms with Gasteiger partial charge < -0.3 is 28.7 Å². The van der Waals surface area contributed by atoms with Crippen molar-refractivity contribution in [3.05, 3.63) is 41.6 Å². The van der Waals surface area contributed by atoms with Crippen LogP contribution in [0.5, 0.6) is 11.6 Å². The smallest absolute Gasteiger partial charge is 0.307 e. The molecule has 0 amide bonds. The van der Waals surface area contributed by atoms with E-state index in [2.05, 4.69) is 28.6 Å². The summed E-state index contributed by atoms with van der Waals surface area (Å²) < 4.78 is 50.4. The number of carbonyl (C=O) groups is 1. The van der Waals surface area contributed by atoms with Crippen LogP contribution in [0.2, 0.25) is 5.02 Å². The van der Waals surface area contributed by atoms with Crippen LogP contribution in [0.1, 0.15) is 40.0 Å². The molecule has 2 aliphatic rings. The Bertz CT molecular complexity index is 1350. The Kier molecular flexibility index (Phi) is 12.0. The highest BCUT2D eigenvalue weighted by molar-refractivity contribution is 7.85. The summed E-state index contributed by atoms with van der Waals surface area (Å²) in [7, 11) is -1.89. The standard InChI is InChI=1S/C31H44ClN3O8S/c1-6-40-31(36)17-26-22(3)29(41-14-7-15-42-44(5,37)38)20-35(26)23-8-10-24(11-9-23)43-28-12-13-34(19-21(28)2)27-16-30(39-4)33-18-25(27)32/h8-11,16,18,21-22,26,28-29H,6-7,12-15,17,19-20H2,1-5H3/t21?,22-,26-,28?,29-/m0/s1. The molecule has 1 aromatic heterocycles. The minimum atomic E-state index is -3.48. The monoisotopic (exact) mass is 653 g/mol. The van der Waals surface area contributed by atoms with Crippen molar-refractivity contribution in [1.82, 2.24) is 4.98 Å². The lowest BCUT2D eigenvalue weighted by Crippen LogP contribution is -2.44. The number of pyridine rings is 1. The average molecular weight is 654 g/mol. The maximum atomic E-state index is 12.5. The molecule has 2 fully saturated rings. The van der Waals surface area contributed by atoms with Crippen LogP contribution in [0.25, 0.3) is 0 Å². The first kappa shape index (κ1) is 34.1. The lowest BCUT2D eigenvalue weighted by Gasteiger charge is -2.38. The van der Waals surface area contributed by atoms with Crippen molar-refractivity contribution in [3.63, 3.8) is 0 Å². The van der Waals surface area contributed by atoms with Crippen LogP contribution in [-0.2, 0) is 28.6 Å². The number of piperidine rings is 1. The van der Waals surface area contributed by atoms with E-state index in [4.69, 9.17) is 34.7 Å². The molecule has 3 heterocycles. The Hall–Kier alpha value is -2.80. The molecule has 0 aliphatic carbocycles. The molecule has 2 aliphatic heterocycles. The Morgan fingerprint density at radius 3 is 2.52 bits per heavy atom. The van der Waals surface area contributed by atoms with Gasteiger partial charge in [0.25, 0.3) is 10.1 Å². The molecule has 44 heavy (non-hydrogen) atoms. The lowest BCUT2D eigenvalue weighted by molar-refractivity contribution is -0.143. The van der Waals surface area contributed by atoms with Gasteiger partial charge in [0.15, 0.2) is 0 Å². The SMILES string of the molecule is CCOC(=O)C[C@H]1[C@H](C)[C@@H](OCCCOS(C)(=O)=O)CN1c1ccc(OC2CCN(c3cc(OC)ncc3Cl)CC2C)cc1. The van der Waals surface area contributed by atoms with Gasteiger partial charge in [-0.1, -0.05) is 25.4 Å². The van der Waals surface area contributed by atoms with Crippen LogP contribution in [0.3, 0.4) is 0 Å². The number of anilines is 2. The van der Waals surface area contributed by atoms with Gasteiger partial charge in [0.1, 0.15) is 11.9 Å². The lowest BCUT2D eigenvalue weighted by atomic mass is 9.96. The van der Waals surface area contributed by atoms with Gasteiger partial charge in [0.2, 0.25) is 5.88 Å². The van der Waals surface area contributed by atoms with Crippen molar-refractivity contribution in [1.29, 1.82) is 0 Å². The van der Waals surface area contributed by atoms with E-state index in [-0.39, 0.29) is 49.1 Å². The number of rotatable bonds is 14. The number of halogens is 1. The maximum Gasteiger partial charge on any atom is 0.307 e. The Labute approximate surface area is 265 Å². The van der Waals surface area contributed by atoms with E-state index in [0.717, 1.165) is 42.9 Å². The van der Waals surface area contributed by atoms with Crippen LogP contribution in [0.4, 0.5) is 11.4 Å². The Morgan fingerprint density at radius 1 is 1.11 bits per heavy atom. The number of benzene rings is 1. The Balaban J connectivity index is 1.37. The predicted molar refractivity (Wildman–Crippen MR) is 169 cm³/mol. The zero-order chi connectivity index (χ0) is 31.9. The van der Waals surface area contributed by atoms with Crippen molar-refractivity contribution in [3.8, 4) is 11.6 Å². The van der Waals surface area contributed by atoms with Crippen LogP contribution < -0.4 is 19.3 Å². The number of carbonyl (C=O) groups excluding carboxylic acids is 1. The molecule has 244 valence electrons. The van der Waals surface area contributed by atoms with E-state index in [1.165, 1.54) is 0 Å². The van der Waals surface area contributed by atoms with Crippen LogP contribution in [0.15, 0.2) is 36.5 Å². The summed E-state index contributed by atoms with van der Waals surface area (Å²) in [5.41, 5.74) is 1.88. The number of hydrogen-bond acceptors (Lipinski definition) is 11. The molecular formula is C31H44ClN3O8S. The van der Waals surface area contributed by atoms with E-state index in [1.807, 2.05) is 30.3 Å². The van der Waals surface area contributed by atoms with Crippen molar-refractivity contribution in [2.75, 3.05) is 62.6 Å². The predicted octanol–water partition coefficient (Wildman–Crippen LogP) is 4.57. The second-order valence-electron chi connectivity index (χ2n) is 11.4. The van der Waals surface area contributed by atoms with Crippen LogP contribution >= 0.6 is 11.6 Å². The fourth-order valence-corrected chi connectivity index (χ4v) is 6.54. The van der Waals surface area contributed by atoms with E-state index in [0.29, 0.717) is 37.1 Å². The molecular weight excluding hydrogens is 610 g/mol. The number of aromatic nitrogens is 1. The number of methoxy groups -OCH3 is 1. The van der Waals surface area contributed by atoms with Gasteiger partial charge in [0.05, 0.1) is 56.0 Å². The normalized spacial score (nSPS) is 23.9. The molecule has 4 rings (SSSR count). The third kappa shape index (κ3) is 9.12. The summed E-state index contributed by atoms with van der Waals surface area (Å²) in [5.74, 6) is 1.38. The van der Waals surface area contributed by atoms with Crippen molar-refractivity contribution < 1.29 is 36.3 Å². The molecule has 2 aromatic rings. The molecule has 13 heteroatoms. The number of ether oxygens (including phenoxy) is 4. The van der Waals surface area contributed by atoms with Gasteiger partial charge in [-0.15, -0.1) is 0 Å². The van der Waals surface area contributed by atoms with Gasteiger partial charge in [-0.2, -0.15) is 8.42 Å². The van der Waals surface area contributed by atoms with Crippen molar-refractivity contribution in [2.24, 2.45) is 11.8 Å². The molecule has 0 saturated carbocycles. The molecule has 11 nitrogen and oxygen atoms in total. The number of esters is 1. The summed E-state index contributed by atoms with van der Waals surface area (Å²) in [4.78, 5) is 21.1. The highest BCUT2D eigenvalue weighted by Gasteiger charge is 2.41. The minimum Gasteiger partial charge on any atom is -0.490 e. The van der Waals surface area contributed by atoms with E-state index in [1.54, 1.807) is 20.2 Å². The number of hydrogen-bond donors (Lipinski definition) is 0. The summed E-state index contributed by atoms with van der Waals surface area (Å²) in [5, 5.41) is 0.596. The fraction of sp³-hybridized carbons (Fsp3) is 0.613. The topological polar surface area (TPSA) is 117 Å². The van der Waals surface area contributed by atoms with Crippen molar-refractivity contribution >= 4 is 39.1 Å². The molecule has 2 unspecified atom stereocenters. The zero-order valence-corrected chi connectivity index (χ0v) is 27.7. The zero-order valence-electron chi connectivity index (χ0n) is 26.1. The second kappa shape index (κ2) is 15.5. The molecule has 0 spiro atoms. The third-order valence-corrected chi connectivity index (χ3v) is 9.10. The number of nitrogens with zero attached hydrogens (tertiary/aromatic N) is 3. The summed E-state index contributed by atoms with van der Waals surface area (Å²) in [6.45, 7) is 8.98. The van der Waals surface area contributed by atoms with Crippen molar-refractivity contribution in [2.45, 2.75) is 58.3 Å². The summed E-state index contributed by atoms with van der Waals surface area (Å²) in [6, 6.07) is 9.74. The first-order chi connectivity index (χ1) is 21.0. The highest BCUT2D eigenvalue weighted by Crippen LogP contribution is 2.36. The fourth-order valence-electron chi connectivity index (χ4n) is 5.89. The molecule has 0 radical (unpaired) electrons. The van der Waals surface area contributed by atoms with Gasteiger partial charge in [-0.3, -0.25) is 8.98 Å². The van der Waals surface area contributed by atoms with E-state index >= 15 is 0 Å². The van der Waals surface area contributed by atoms with Gasteiger partial charge in [-0.25, -0.2) is 4.98 Å². The molecule has 0 bridgehead atoms.